The topological polar surface area (TPSA) is 70.0 Å². The molecule has 7 nitrogen and oxygen atoms in total. The molecule has 1 atom stereocenters. The first-order valence-electron chi connectivity index (χ1n) is 9.93. The summed E-state index contributed by atoms with van der Waals surface area (Å²) in [7, 11) is -1.54. The van der Waals surface area contributed by atoms with E-state index in [2.05, 4.69) is 32.6 Å². The molecule has 154 valence electrons. The Hall–Kier alpha value is -1.94. The molecule has 2 aliphatic rings. The third kappa shape index (κ3) is 3.35. The number of rotatable bonds is 4. The molecule has 1 aromatic carbocycles. The minimum Gasteiger partial charge on any atom is -0.304 e. The summed E-state index contributed by atoms with van der Waals surface area (Å²) in [4.78, 5) is 9.98. The highest BCUT2D eigenvalue weighted by molar-refractivity contribution is 7.92. The molecule has 1 aliphatic heterocycles. The first-order chi connectivity index (χ1) is 13.9. The van der Waals surface area contributed by atoms with E-state index in [1.165, 1.54) is 22.5 Å². The normalized spacial score (nSPS) is 21.0. The minimum absolute atomic E-state index is 0.213. The first kappa shape index (κ1) is 19.0. The van der Waals surface area contributed by atoms with Gasteiger partial charge in [-0.3, -0.25) is 14.0 Å². The van der Waals surface area contributed by atoms with Crippen LogP contribution in [-0.4, -0.2) is 60.8 Å². The molecular formula is C20H25N5O2S2. The number of aromatic nitrogens is 2. The highest BCUT2D eigenvalue weighted by Crippen LogP contribution is 2.38. The number of imidazole rings is 1. The number of aryl methyl sites for hydroxylation is 2. The van der Waals surface area contributed by atoms with Crippen LogP contribution in [-0.2, 0) is 16.4 Å². The molecule has 0 spiro atoms. The lowest BCUT2D eigenvalue weighted by molar-refractivity contribution is 0.111. The van der Waals surface area contributed by atoms with E-state index in [1.54, 1.807) is 17.5 Å². The van der Waals surface area contributed by atoms with Crippen molar-refractivity contribution in [1.29, 1.82) is 0 Å². The number of sulfonamides is 1. The average molecular weight is 432 g/mol. The SMILES string of the molecule is Cc1nc2sccn2c1S(=O)(=O)Nc1ccc2c(c1)CCC2N1CCN(C)CC1. The van der Waals surface area contributed by atoms with E-state index >= 15 is 0 Å². The van der Waals surface area contributed by atoms with Crippen LogP contribution in [0.4, 0.5) is 5.69 Å². The molecule has 1 N–H and O–H groups in total. The first-order valence-corrected chi connectivity index (χ1v) is 12.3. The van der Waals surface area contributed by atoms with Gasteiger partial charge in [-0.2, -0.15) is 8.42 Å². The summed E-state index contributed by atoms with van der Waals surface area (Å²) in [6.45, 7) is 6.12. The fourth-order valence-corrected chi connectivity index (χ4v) is 6.76. The Labute approximate surface area is 175 Å². The molecule has 1 fully saturated rings. The molecular weight excluding hydrogens is 406 g/mol. The van der Waals surface area contributed by atoms with Crippen LogP contribution in [0.1, 0.15) is 29.3 Å². The van der Waals surface area contributed by atoms with E-state index in [-0.39, 0.29) is 5.03 Å². The van der Waals surface area contributed by atoms with Gasteiger partial charge in [0.25, 0.3) is 10.0 Å². The van der Waals surface area contributed by atoms with Crippen LogP contribution in [0, 0.1) is 6.92 Å². The zero-order valence-corrected chi connectivity index (χ0v) is 18.3. The number of likely N-dealkylation sites (N-methyl/N-ethyl adjacent to an activating group) is 1. The van der Waals surface area contributed by atoms with E-state index in [9.17, 15) is 8.42 Å². The van der Waals surface area contributed by atoms with Crippen molar-refractivity contribution in [2.75, 3.05) is 37.9 Å². The van der Waals surface area contributed by atoms with Gasteiger partial charge in [-0.15, -0.1) is 11.3 Å². The fourth-order valence-electron chi connectivity index (χ4n) is 4.57. The second-order valence-electron chi connectivity index (χ2n) is 7.97. The summed E-state index contributed by atoms with van der Waals surface area (Å²) in [6.07, 6.45) is 3.84. The van der Waals surface area contributed by atoms with Crippen molar-refractivity contribution < 1.29 is 8.42 Å². The van der Waals surface area contributed by atoms with Gasteiger partial charge in [0, 0.05) is 49.5 Å². The summed E-state index contributed by atoms with van der Waals surface area (Å²) in [5.74, 6) is 0. The van der Waals surface area contributed by atoms with Crippen LogP contribution >= 0.6 is 11.3 Å². The average Bonchev–Trinajstić information content (AvgIpc) is 3.35. The minimum atomic E-state index is -3.71. The monoisotopic (exact) mass is 431 g/mol. The molecule has 29 heavy (non-hydrogen) atoms. The third-order valence-electron chi connectivity index (χ3n) is 6.06. The molecule has 2 aromatic heterocycles. The standard InChI is InChI=1S/C20H25N5O2S2/c1-14-19(25-11-12-28-20(25)21-14)29(26,27)22-16-4-5-17-15(13-16)3-6-18(17)24-9-7-23(2)8-10-24/h4-5,11-13,18,22H,3,6-10H2,1-2H3. The van der Waals surface area contributed by atoms with Crippen LogP contribution in [0.25, 0.3) is 4.96 Å². The van der Waals surface area contributed by atoms with Gasteiger partial charge in [0.2, 0.25) is 0 Å². The summed E-state index contributed by atoms with van der Waals surface area (Å²) >= 11 is 1.43. The number of benzene rings is 1. The molecule has 3 aromatic rings. The molecule has 1 saturated heterocycles. The highest BCUT2D eigenvalue weighted by atomic mass is 32.2. The Morgan fingerprint density at radius 3 is 2.79 bits per heavy atom. The van der Waals surface area contributed by atoms with Crippen molar-refractivity contribution in [3.8, 4) is 0 Å². The molecule has 0 radical (unpaired) electrons. The summed E-state index contributed by atoms with van der Waals surface area (Å²) in [6, 6.07) is 6.45. The van der Waals surface area contributed by atoms with Crippen molar-refractivity contribution in [3.63, 3.8) is 0 Å². The van der Waals surface area contributed by atoms with Gasteiger partial charge in [0.05, 0.1) is 5.69 Å². The molecule has 0 bridgehead atoms. The van der Waals surface area contributed by atoms with E-state index in [0.717, 1.165) is 39.0 Å². The van der Waals surface area contributed by atoms with Crippen molar-refractivity contribution in [2.24, 2.45) is 0 Å². The maximum absolute atomic E-state index is 13.1. The highest BCUT2D eigenvalue weighted by Gasteiger charge is 2.30. The van der Waals surface area contributed by atoms with E-state index in [1.807, 2.05) is 17.5 Å². The van der Waals surface area contributed by atoms with Gasteiger partial charge >= 0.3 is 0 Å². The second-order valence-corrected chi connectivity index (χ2v) is 10.4. The number of thiazole rings is 1. The Morgan fingerprint density at radius 1 is 1.21 bits per heavy atom. The third-order valence-corrected chi connectivity index (χ3v) is 8.32. The van der Waals surface area contributed by atoms with Gasteiger partial charge in [-0.05, 0) is 50.1 Å². The Kier molecular flexibility index (Phi) is 4.65. The van der Waals surface area contributed by atoms with Crippen molar-refractivity contribution >= 4 is 32.0 Å². The van der Waals surface area contributed by atoms with Gasteiger partial charge in [0.1, 0.15) is 0 Å². The fraction of sp³-hybridized carbons (Fsp3) is 0.450. The van der Waals surface area contributed by atoms with Crippen LogP contribution in [0.2, 0.25) is 0 Å². The number of hydrogen-bond acceptors (Lipinski definition) is 6. The molecule has 0 saturated carbocycles. The predicted octanol–water partition coefficient (Wildman–Crippen LogP) is 2.74. The lowest BCUT2D eigenvalue weighted by Crippen LogP contribution is -2.45. The molecule has 0 amide bonds. The molecule has 1 aliphatic carbocycles. The number of fused-ring (bicyclic) bond motifs is 2. The van der Waals surface area contributed by atoms with Crippen molar-refractivity contribution in [2.45, 2.75) is 30.8 Å². The van der Waals surface area contributed by atoms with Crippen LogP contribution in [0.15, 0.2) is 34.8 Å². The van der Waals surface area contributed by atoms with Gasteiger partial charge in [-0.25, -0.2) is 4.98 Å². The largest absolute Gasteiger partial charge is 0.304 e. The van der Waals surface area contributed by atoms with E-state index in [4.69, 9.17) is 0 Å². The Bertz CT molecular complexity index is 1160. The van der Waals surface area contributed by atoms with Crippen molar-refractivity contribution in [1.82, 2.24) is 19.2 Å². The van der Waals surface area contributed by atoms with E-state index < -0.39 is 10.0 Å². The number of piperazine rings is 1. The molecule has 9 heteroatoms. The van der Waals surface area contributed by atoms with Crippen LogP contribution < -0.4 is 4.72 Å². The van der Waals surface area contributed by atoms with Crippen LogP contribution in [0.3, 0.4) is 0 Å². The Morgan fingerprint density at radius 2 is 2.00 bits per heavy atom. The zero-order valence-electron chi connectivity index (χ0n) is 16.6. The van der Waals surface area contributed by atoms with E-state index in [0.29, 0.717) is 22.4 Å². The summed E-state index contributed by atoms with van der Waals surface area (Å²) < 4.78 is 30.5. The number of anilines is 1. The molecule has 3 heterocycles. The van der Waals surface area contributed by atoms with Gasteiger partial charge in [0.15, 0.2) is 9.99 Å². The quantitative estimate of drug-likeness (QED) is 0.688. The second kappa shape index (κ2) is 7.09. The number of hydrogen-bond donors (Lipinski definition) is 1. The van der Waals surface area contributed by atoms with Gasteiger partial charge < -0.3 is 4.90 Å². The maximum Gasteiger partial charge on any atom is 0.279 e. The summed E-state index contributed by atoms with van der Waals surface area (Å²) in [5.41, 5.74) is 3.73. The maximum atomic E-state index is 13.1. The number of nitrogens with zero attached hydrogens (tertiary/aromatic N) is 4. The number of nitrogens with one attached hydrogen (secondary N) is 1. The zero-order chi connectivity index (χ0) is 20.2. The Balaban J connectivity index is 1.39. The van der Waals surface area contributed by atoms with Crippen molar-refractivity contribution in [3.05, 3.63) is 46.6 Å². The van der Waals surface area contributed by atoms with Gasteiger partial charge in [-0.1, -0.05) is 6.07 Å². The summed E-state index contributed by atoms with van der Waals surface area (Å²) in [5, 5.41) is 2.05. The molecule has 1 unspecified atom stereocenters. The lowest BCUT2D eigenvalue weighted by Gasteiger charge is -2.36. The predicted molar refractivity (Wildman–Crippen MR) is 115 cm³/mol. The van der Waals surface area contributed by atoms with Crippen LogP contribution in [0.5, 0.6) is 0 Å². The lowest BCUT2D eigenvalue weighted by atomic mass is 10.1. The smallest absolute Gasteiger partial charge is 0.279 e. The molecule has 5 rings (SSSR count).